The molecule has 0 saturated heterocycles. The van der Waals surface area contributed by atoms with Gasteiger partial charge in [-0.05, 0) is 37.1 Å². The Morgan fingerprint density at radius 2 is 1.64 bits per heavy atom. The highest BCUT2D eigenvalue weighted by Crippen LogP contribution is 2.21. The van der Waals surface area contributed by atoms with Crippen molar-refractivity contribution in [2.45, 2.75) is 33.4 Å². The lowest BCUT2D eigenvalue weighted by Gasteiger charge is -2.17. The molecule has 0 spiro atoms. The summed E-state index contributed by atoms with van der Waals surface area (Å²) < 4.78 is 40.4. The van der Waals surface area contributed by atoms with Crippen molar-refractivity contribution < 1.29 is 13.2 Å². The highest BCUT2D eigenvalue weighted by Gasteiger charge is 2.12. The first-order chi connectivity index (χ1) is 10.4. The summed E-state index contributed by atoms with van der Waals surface area (Å²) >= 11 is 0. The summed E-state index contributed by atoms with van der Waals surface area (Å²) in [5.74, 6) is -1.41. The lowest BCUT2D eigenvalue weighted by atomic mass is 10.1. The fourth-order valence-corrected chi connectivity index (χ4v) is 1.96. The molecule has 118 valence electrons. The predicted octanol–water partition coefficient (Wildman–Crippen LogP) is 4.30. The van der Waals surface area contributed by atoms with Gasteiger partial charge >= 0.3 is 0 Å². The van der Waals surface area contributed by atoms with Crippen molar-refractivity contribution in [3.05, 3.63) is 53.5 Å². The SMILES string of the molecule is CC(C)[C@@H](C)NCc1nc(-c2cc(F)cc(F)c2)ccc1F. The van der Waals surface area contributed by atoms with E-state index in [1.165, 1.54) is 24.3 Å². The Balaban J connectivity index is 2.26. The minimum Gasteiger partial charge on any atom is -0.308 e. The lowest BCUT2D eigenvalue weighted by molar-refractivity contribution is 0.418. The summed E-state index contributed by atoms with van der Waals surface area (Å²) in [7, 11) is 0. The average Bonchev–Trinajstić information content (AvgIpc) is 2.44. The van der Waals surface area contributed by atoms with Crippen LogP contribution in [0.25, 0.3) is 11.3 Å². The van der Waals surface area contributed by atoms with E-state index in [1.807, 2.05) is 6.92 Å². The smallest absolute Gasteiger partial charge is 0.146 e. The van der Waals surface area contributed by atoms with Gasteiger partial charge in [0, 0.05) is 24.2 Å². The fourth-order valence-electron chi connectivity index (χ4n) is 1.96. The van der Waals surface area contributed by atoms with Crippen LogP contribution in [0, 0.1) is 23.4 Å². The van der Waals surface area contributed by atoms with E-state index >= 15 is 0 Å². The molecule has 0 amide bonds. The number of nitrogens with one attached hydrogen (secondary N) is 1. The first-order valence-electron chi connectivity index (χ1n) is 7.22. The summed E-state index contributed by atoms with van der Waals surface area (Å²) in [4.78, 5) is 4.19. The summed E-state index contributed by atoms with van der Waals surface area (Å²) in [6.45, 7) is 6.39. The molecule has 0 aliphatic carbocycles. The van der Waals surface area contributed by atoms with E-state index in [4.69, 9.17) is 0 Å². The van der Waals surface area contributed by atoms with Crippen molar-refractivity contribution in [2.24, 2.45) is 5.92 Å². The van der Waals surface area contributed by atoms with E-state index in [0.29, 0.717) is 11.6 Å². The maximum atomic E-state index is 13.8. The molecule has 0 radical (unpaired) electrons. The summed E-state index contributed by atoms with van der Waals surface area (Å²) in [5, 5.41) is 3.19. The van der Waals surface area contributed by atoms with Gasteiger partial charge in [-0.25, -0.2) is 18.2 Å². The van der Waals surface area contributed by atoms with Gasteiger partial charge in [0.25, 0.3) is 0 Å². The Labute approximate surface area is 128 Å². The van der Waals surface area contributed by atoms with Gasteiger partial charge in [0.1, 0.15) is 17.5 Å². The first-order valence-corrected chi connectivity index (χ1v) is 7.22. The second-order valence-electron chi connectivity index (χ2n) is 5.70. The first kappa shape index (κ1) is 16.5. The highest BCUT2D eigenvalue weighted by atomic mass is 19.1. The van der Waals surface area contributed by atoms with Crippen LogP contribution >= 0.6 is 0 Å². The number of benzene rings is 1. The van der Waals surface area contributed by atoms with E-state index < -0.39 is 17.5 Å². The zero-order valence-electron chi connectivity index (χ0n) is 12.8. The summed E-state index contributed by atoms with van der Waals surface area (Å²) in [6.07, 6.45) is 0. The Hall–Kier alpha value is -1.88. The molecule has 1 atom stereocenters. The third-order valence-corrected chi connectivity index (χ3v) is 3.67. The van der Waals surface area contributed by atoms with E-state index in [9.17, 15) is 13.2 Å². The molecule has 2 rings (SSSR count). The van der Waals surface area contributed by atoms with Crippen LogP contribution in [-0.4, -0.2) is 11.0 Å². The molecule has 22 heavy (non-hydrogen) atoms. The number of nitrogens with zero attached hydrogens (tertiary/aromatic N) is 1. The number of hydrogen-bond donors (Lipinski definition) is 1. The van der Waals surface area contributed by atoms with Gasteiger partial charge in [-0.3, -0.25) is 0 Å². The van der Waals surface area contributed by atoms with Gasteiger partial charge in [-0.1, -0.05) is 13.8 Å². The molecular formula is C17H19F3N2. The molecule has 1 N–H and O–H groups in total. The zero-order valence-corrected chi connectivity index (χ0v) is 12.8. The van der Waals surface area contributed by atoms with E-state index in [0.717, 1.165) is 6.07 Å². The molecule has 5 heteroatoms. The predicted molar refractivity (Wildman–Crippen MR) is 80.7 cm³/mol. The largest absolute Gasteiger partial charge is 0.308 e. The molecule has 0 saturated carbocycles. The van der Waals surface area contributed by atoms with Crippen LogP contribution in [-0.2, 0) is 6.54 Å². The molecule has 1 aromatic heterocycles. The van der Waals surface area contributed by atoms with Crippen molar-refractivity contribution in [3.8, 4) is 11.3 Å². The van der Waals surface area contributed by atoms with Crippen molar-refractivity contribution in [1.29, 1.82) is 0 Å². The summed E-state index contributed by atoms with van der Waals surface area (Å²) in [6, 6.07) is 6.03. The second-order valence-corrected chi connectivity index (χ2v) is 5.70. The Morgan fingerprint density at radius 3 is 2.23 bits per heavy atom. The average molecular weight is 308 g/mol. The normalized spacial score (nSPS) is 12.7. The maximum absolute atomic E-state index is 13.8. The molecular weight excluding hydrogens is 289 g/mol. The standard InChI is InChI=1S/C17H19F3N2/c1-10(2)11(3)21-9-17-15(20)4-5-16(22-17)12-6-13(18)8-14(19)7-12/h4-8,10-11,21H,9H2,1-3H3/t11-/m1/s1. The number of hydrogen-bond acceptors (Lipinski definition) is 2. The van der Waals surface area contributed by atoms with Crippen LogP contribution in [0.5, 0.6) is 0 Å². The van der Waals surface area contributed by atoms with Crippen molar-refractivity contribution in [1.82, 2.24) is 10.3 Å². The quantitative estimate of drug-likeness (QED) is 0.891. The van der Waals surface area contributed by atoms with Crippen molar-refractivity contribution in [3.63, 3.8) is 0 Å². The van der Waals surface area contributed by atoms with Crippen molar-refractivity contribution in [2.75, 3.05) is 0 Å². The Kier molecular flexibility index (Phi) is 5.19. The maximum Gasteiger partial charge on any atom is 0.146 e. The molecule has 0 aliphatic heterocycles. The lowest BCUT2D eigenvalue weighted by Crippen LogP contribution is -2.30. The molecule has 0 aliphatic rings. The van der Waals surface area contributed by atoms with Gasteiger partial charge in [-0.15, -0.1) is 0 Å². The minimum absolute atomic E-state index is 0.205. The molecule has 2 aromatic rings. The van der Waals surface area contributed by atoms with Crippen LogP contribution < -0.4 is 5.32 Å². The number of halogens is 3. The fraction of sp³-hybridized carbons (Fsp3) is 0.353. The molecule has 2 nitrogen and oxygen atoms in total. The number of aromatic nitrogens is 1. The van der Waals surface area contributed by atoms with Gasteiger partial charge in [-0.2, -0.15) is 0 Å². The molecule has 0 fully saturated rings. The third-order valence-electron chi connectivity index (χ3n) is 3.67. The Morgan fingerprint density at radius 1 is 1.00 bits per heavy atom. The van der Waals surface area contributed by atoms with E-state index in [1.54, 1.807) is 0 Å². The van der Waals surface area contributed by atoms with Gasteiger partial charge < -0.3 is 5.32 Å². The topological polar surface area (TPSA) is 24.9 Å². The van der Waals surface area contributed by atoms with Crippen LogP contribution in [0.4, 0.5) is 13.2 Å². The van der Waals surface area contributed by atoms with E-state index in [-0.39, 0.29) is 23.8 Å². The minimum atomic E-state index is -0.686. The van der Waals surface area contributed by atoms with Crippen LogP contribution in [0.1, 0.15) is 26.5 Å². The number of pyridine rings is 1. The molecule has 0 bridgehead atoms. The van der Waals surface area contributed by atoms with Gasteiger partial charge in [0.05, 0.1) is 11.4 Å². The molecule has 1 heterocycles. The second kappa shape index (κ2) is 6.92. The Bertz CT molecular complexity index is 636. The van der Waals surface area contributed by atoms with Crippen LogP contribution in [0.2, 0.25) is 0 Å². The van der Waals surface area contributed by atoms with Crippen LogP contribution in [0.15, 0.2) is 30.3 Å². The van der Waals surface area contributed by atoms with E-state index in [2.05, 4.69) is 24.1 Å². The zero-order chi connectivity index (χ0) is 16.3. The highest BCUT2D eigenvalue weighted by molar-refractivity contribution is 5.59. The number of rotatable bonds is 5. The summed E-state index contributed by atoms with van der Waals surface area (Å²) in [5.41, 5.74) is 0.860. The molecule has 1 aromatic carbocycles. The van der Waals surface area contributed by atoms with Crippen molar-refractivity contribution >= 4 is 0 Å². The van der Waals surface area contributed by atoms with Crippen LogP contribution in [0.3, 0.4) is 0 Å². The van der Waals surface area contributed by atoms with Gasteiger partial charge in [0.2, 0.25) is 0 Å². The van der Waals surface area contributed by atoms with Gasteiger partial charge in [0.15, 0.2) is 0 Å². The molecule has 0 unspecified atom stereocenters. The third kappa shape index (κ3) is 4.07. The monoisotopic (exact) mass is 308 g/mol.